The summed E-state index contributed by atoms with van der Waals surface area (Å²) in [5, 5.41) is 15.6. The van der Waals surface area contributed by atoms with Crippen LogP contribution in [0, 0.1) is 16.7 Å². The second-order valence-corrected chi connectivity index (χ2v) is 9.53. The molecule has 0 aromatic heterocycles. The Morgan fingerprint density at radius 2 is 1.75 bits per heavy atom. The third-order valence-corrected chi connectivity index (χ3v) is 7.61. The van der Waals surface area contributed by atoms with Gasteiger partial charge in [0.25, 0.3) is 0 Å². The number of Topliss-reactive ketones (excluding diaryl/α,β-unsaturated/α-hetero) is 1. The summed E-state index contributed by atoms with van der Waals surface area (Å²) in [5.74, 6) is -0.235. The molecule has 3 saturated carbocycles. The number of rotatable bonds is 6. The predicted octanol–water partition coefficient (Wildman–Crippen LogP) is 2.97. The summed E-state index contributed by atoms with van der Waals surface area (Å²) in [6.45, 7) is 1.59. The number of alkyl halides is 1. The molecular weight excluding hydrogens is 411 g/mol. The van der Waals surface area contributed by atoms with Gasteiger partial charge in [-0.2, -0.15) is 5.26 Å². The Hall–Kier alpha value is -2.79. The van der Waals surface area contributed by atoms with E-state index in [-0.39, 0.29) is 42.6 Å². The molecule has 8 heteroatoms. The number of hydrogen-bond donors (Lipinski definition) is 2. The number of benzene rings is 1. The van der Waals surface area contributed by atoms with E-state index in [4.69, 9.17) is 5.26 Å². The van der Waals surface area contributed by atoms with Crippen LogP contribution in [0.4, 0.5) is 10.1 Å². The topological polar surface area (TPSA) is 102 Å². The molecule has 4 fully saturated rings. The lowest BCUT2D eigenvalue weighted by molar-refractivity contribution is -0.135. The highest BCUT2D eigenvalue weighted by Gasteiger charge is 2.52. The molecule has 7 nitrogen and oxygen atoms in total. The Morgan fingerprint density at radius 3 is 2.31 bits per heavy atom. The molecule has 1 saturated heterocycles. The summed E-state index contributed by atoms with van der Waals surface area (Å²) in [7, 11) is 0. The molecule has 170 valence electrons. The largest absolute Gasteiger partial charge is 0.326 e. The second kappa shape index (κ2) is 8.62. The Bertz CT molecular complexity index is 930. The maximum atomic E-state index is 13.6. The average molecular weight is 441 g/mol. The second-order valence-electron chi connectivity index (χ2n) is 9.53. The normalized spacial score (nSPS) is 31.2. The molecule has 2 bridgehead atoms. The van der Waals surface area contributed by atoms with Crippen LogP contribution in [0.3, 0.4) is 0 Å². The van der Waals surface area contributed by atoms with E-state index < -0.39 is 17.6 Å². The molecule has 32 heavy (non-hydrogen) atoms. The van der Waals surface area contributed by atoms with Crippen molar-refractivity contribution < 1.29 is 18.8 Å². The van der Waals surface area contributed by atoms with Gasteiger partial charge in [0.05, 0.1) is 19.2 Å². The molecule has 1 aromatic carbocycles. The number of likely N-dealkylation sites (tertiary alicyclic amines) is 1. The molecule has 1 aromatic rings. The standard InChI is InChI=1S/C24H29FN4O3/c1-16(30)17-2-4-19(5-3-17)28-22(32)23-6-9-24(10-7-23,11-8-23)27-14-21(31)29-15-18(25)12-20(29)13-26/h2-5,18,20,27H,6-12,14-15H2,1H3,(H,28,32)/t18-,20-,23?,24?/m0/s1. The van der Waals surface area contributed by atoms with Crippen LogP contribution >= 0.6 is 0 Å². The van der Waals surface area contributed by atoms with E-state index in [1.165, 1.54) is 11.8 Å². The summed E-state index contributed by atoms with van der Waals surface area (Å²) in [5.41, 5.74) is 0.704. The van der Waals surface area contributed by atoms with Crippen LogP contribution in [0.5, 0.6) is 0 Å². The minimum Gasteiger partial charge on any atom is -0.326 e. The Balaban J connectivity index is 1.32. The van der Waals surface area contributed by atoms with Gasteiger partial charge in [0, 0.05) is 28.6 Å². The molecule has 4 aliphatic rings. The first-order chi connectivity index (χ1) is 15.3. The number of fused-ring (bicyclic) bond motifs is 3. The van der Waals surface area contributed by atoms with Crippen molar-refractivity contribution in [1.29, 1.82) is 5.26 Å². The molecule has 0 spiro atoms. The van der Waals surface area contributed by atoms with Gasteiger partial charge in [-0.05, 0) is 69.7 Å². The van der Waals surface area contributed by atoms with Crippen molar-refractivity contribution in [2.75, 3.05) is 18.4 Å². The smallest absolute Gasteiger partial charge is 0.237 e. The minimum atomic E-state index is -1.14. The maximum absolute atomic E-state index is 13.6. The molecule has 1 heterocycles. The zero-order chi connectivity index (χ0) is 22.9. The molecule has 1 aliphatic heterocycles. The molecule has 0 unspecified atom stereocenters. The van der Waals surface area contributed by atoms with Crippen LogP contribution in [0.2, 0.25) is 0 Å². The number of amides is 2. The number of hydrogen-bond acceptors (Lipinski definition) is 5. The number of carbonyl (C=O) groups is 3. The van der Waals surface area contributed by atoms with Gasteiger partial charge in [-0.3, -0.25) is 14.4 Å². The van der Waals surface area contributed by atoms with Crippen LogP contribution in [-0.4, -0.2) is 53.3 Å². The summed E-state index contributed by atoms with van der Waals surface area (Å²) in [6, 6.07) is 8.27. The molecule has 2 amide bonds. The average Bonchev–Trinajstić information content (AvgIpc) is 3.20. The number of anilines is 1. The van der Waals surface area contributed by atoms with E-state index in [2.05, 4.69) is 10.6 Å². The highest BCUT2D eigenvalue weighted by Crippen LogP contribution is 2.52. The highest BCUT2D eigenvalue weighted by molar-refractivity contribution is 5.97. The van der Waals surface area contributed by atoms with Gasteiger partial charge in [-0.1, -0.05) is 0 Å². The van der Waals surface area contributed by atoms with Crippen LogP contribution in [0.1, 0.15) is 62.2 Å². The fourth-order valence-corrected chi connectivity index (χ4v) is 5.39. The van der Waals surface area contributed by atoms with Crippen molar-refractivity contribution in [2.24, 2.45) is 5.41 Å². The van der Waals surface area contributed by atoms with Gasteiger partial charge in [0.2, 0.25) is 11.8 Å². The van der Waals surface area contributed by atoms with Crippen molar-refractivity contribution in [3.05, 3.63) is 29.8 Å². The minimum absolute atomic E-state index is 0.0115. The summed E-state index contributed by atoms with van der Waals surface area (Å²) < 4.78 is 13.6. The Labute approximate surface area is 187 Å². The Morgan fingerprint density at radius 1 is 1.12 bits per heavy atom. The first-order valence-electron chi connectivity index (χ1n) is 11.3. The third kappa shape index (κ3) is 4.26. The lowest BCUT2D eigenvalue weighted by atomic mass is 9.57. The number of nitriles is 1. The van der Waals surface area contributed by atoms with Crippen LogP contribution in [0.25, 0.3) is 0 Å². The highest BCUT2D eigenvalue weighted by atomic mass is 19.1. The van der Waals surface area contributed by atoms with Gasteiger partial charge < -0.3 is 15.5 Å². The molecular formula is C24H29FN4O3. The van der Waals surface area contributed by atoms with Crippen molar-refractivity contribution in [1.82, 2.24) is 10.2 Å². The lowest BCUT2D eigenvalue weighted by Crippen LogP contribution is -2.59. The van der Waals surface area contributed by atoms with E-state index >= 15 is 0 Å². The van der Waals surface area contributed by atoms with Gasteiger partial charge in [-0.25, -0.2) is 4.39 Å². The third-order valence-electron chi connectivity index (χ3n) is 7.61. The predicted molar refractivity (Wildman–Crippen MR) is 117 cm³/mol. The summed E-state index contributed by atoms with van der Waals surface area (Å²) in [4.78, 5) is 38.4. The van der Waals surface area contributed by atoms with Crippen LogP contribution in [-0.2, 0) is 9.59 Å². The SMILES string of the molecule is CC(=O)c1ccc(NC(=O)C23CCC(NCC(=O)N4C[C@@H](F)C[C@H]4C#N)(CC2)CC3)cc1. The Kier molecular flexibility index (Phi) is 6.04. The lowest BCUT2D eigenvalue weighted by Gasteiger charge is -2.52. The number of ketones is 1. The van der Waals surface area contributed by atoms with Crippen molar-refractivity contribution in [3.8, 4) is 6.07 Å². The monoisotopic (exact) mass is 440 g/mol. The quantitative estimate of drug-likeness (QED) is 0.662. The van der Waals surface area contributed by atoms with Crippen LogP contribution < -0.4 is 10.6 Å². The number of nitrogens with one attached hydrogen (secondary N) is 2. The van der Waals surface area contributed by atoms with E-state index in [0.29, 0.717) is 11.3 Å². The van der Waals surface area contributed by atoms with E-state index in [0.717, 1.165) is 38.5 Å². The van der Waals surface area contributed by atoms with Gasteiger partial charge in [-0.15, -0.1) is 0 Å². The van der Waals surface area contributed by atoms with E-state index in [9.17, 15) is 18.8 Å². The van der Waals surface area contributed by atoms with Crippen molar-refractivity contribution >= 4 is 23.3 Å². The number of halogens is 1. The zero-order valence-corrected chi connectivity index (χ0v) is 18.3. The first kappa shape index (κ1) is 22.4. The van der Waals surface area contributed by atoms with E-state index in [1.54, 1.807) is 24.3 Å². The molecule has 2 atom stereocenters. The fraction of sp³-hybridized carbons (Fsp3) is 0.583. The van der Waals surface area contributed by atoms with Crippen molar-refractivity contribution in [2.45, 2.75) is 69.6 Å². The molecule has 0 radical (unpaired) electrons. The fourth-order valence-electron chi connectivity index (χ4n) is 5.39. The summed E-state index contributed by atoms with van der Waals surface area (Å²) in [6.07, 6.45) is 3.55. The molecule has 5 rings (SSSR count). The van der Waals surface area contributed by atoms with E-state index in [1.807, 2.05) is 6.07 Å². The van der Waals surface area contributed by atoms with Gasteiger partial charge in [0.15, 0.2) is 5.78 Å². The molecule has 2 N–H and O–H groups in total. The number of carbonyl (C=O) groups excluding carboxylic acids is 3. The van der Waals surface area contributed by atoms with Gasteiger partial charge >= 0.3 is 0 Å². The van der Waals surface area contributed by atoms with Crippen molar-refractivity contribution in [3.63, 3.8) is 0 Å². The first-order valence-corrected chi connectivity index (χ1v) is 11.3. The van der Waals surface area contributed by atoms with Gasteiger partial charge in [0.1, 0.15) is 12.2 Å². The molecule has 3 aliphatic carbocycles. The zero-order valence-electron chi connectivity index (χ0n) is 18.3. The summed E-state index contributed by atoms with van der Waals surface area (Å²) >= 11 is 0. The van der Waals surface area contributed by atoms with Crippen LogP contribution in [0.15, 0.2) is 24.3 Å². The number of nitrogens with zero attached hydrogens (tertiary/aromatic N) is 2. The maximum Gasteiger partial charge on any atom is 0.237 e.